The van der Waals surface area contributed by atoms with Crippen molar-refractivity contribution in [2.24, 2.45) is 5.73 Å². The topological polar surface area (TPSA) is 99.8 Å². The standard InChI is InChI=1S/C16H22N4O3/c17-15(22)16(23)6-3-9-20(11-16)14(21)12-4-5-13(18-10-12)19-7-1-2-8-19/h4-5,10,23H,1-3,6-9,11H2,(H2,17,22). The van der Waals surface area contributed by atoms with E-state index in [0.29, 0.717) is 18.5 Å². The quantitative estimate of drug-likeness (QED) is 0.825. The van der Waals surface area contributed by atoms with Gasteiger partial charge in [-0.05, 0) is 37.8 Å². The van der Waals surface area contributed by atoms with Gasteiger partial charge in [-0.15, -0.1) is 0 Å². The van der Waals surface area contributed by atoms with Crippen molar-refractivity contribution >= 4 is 17.6 Å². The van der Waals surface area contributed by atoms with Gasteiger partial charge in [0, 0.05) is 25.8 Å². The van der Waals surface area contributed by atoms with Crippen molar-refractivity contribution in [2.45, 2.75) is 31.3 Å². The second-order valence-corrected chi connectivity index (χ2v) is 6.33. The van der Waals surface area contributed by atoms with Crippen LogP contribution in [0.4, 0.5) is 5.82 Å². The van der Waals surface area contributed by atoms with Gasteiger partial charge in [0.25, 0.3) is 11.8 Å². The van der Waals surface area contributed by atoms with Crippen LogP contribution in [0.5, 0.6) is 0 Å². The van der Waals surface area contributed by atoms with Crippen LogP contribution in [0.15, 0.2) is 18.3 Å². The molecule has 2 aliphatic heterocycles. The smallest absolute Gasteiger partial charge is 0.255 e. The molecule has 1 unspecified atom stereocenters. The van der Waals surface area contributed by atoms with Crippen LogP contribution in [0, 0.1) is 0 Å². The largest absolute Gasteiger partial charge is 0.378 e. The zero-order chi connectivity index (χ0) is 16.4. The molecule has 7 nitrogen and oxygen atoms in total. The number of carbonyl (C=O) groups excluding carboxylic acids is 2. The first-order valence-corrected chi connectivity index (χ1v) is 8.02. The number of aliphatic hydroxyl groups is 1. The van der Waals surface area contributed by atoms with Gasteiger partial charge in [-0.3, -0.25) is 9.59 Å². The van der Waals surface area contributed by atoms with Crippen LogP contribution in [0.3, 0.4) is 0 Å². The zero-order valence-corrected chi connectivity index (χ0v) is 13.1. The number of rotatable bonds is 3. The third-order valence-electron chi connectivity index (χ3n) is 4.64. The highest BCUT2D eigenvalue weighted by Gasteiger charge is 2.40. The van der Waals surface area contributed by atoms with Gasteiger partial charge < -0.3 is 20.6 Å². The normalized spacial score (nSPS) is 24.7. The summed E-state index contributed by atoms with van der Waals surface area (Å²) in [7, 11) is 0. The van der Waals surface area contributed by atoms with E-state index in [9.17, 15) is 14.7 Å². The van der Waals surface area contributed by atoms with Crippen LogP contribution in [0.25, 0.3) is 0 Å². The van der Waals surface area contributed by atoms with Gasteiger partial charge in [0.2, 0.25) is 0 Å². The van der Waals surface area contributed by atoms with Gasteiger partial charge in [-0.1, -0.05) is 0 Å². The van der Waals surface area contributed by atoms with E-state index in [1.54, 1.807) is 12.3 Å². The lowest BCUT2D eigenvalue weighted by Gasteiger charge is -2.37. The average molecular weight is 318 g/mol. The first kappa shape index (κ1) is 15.7. The third kappa shape index (κ3) is 3.14. The first-order valence-electron chi connectivity index (χ1n) is 8.02. The fraction of sp³-hybridized carbons (Fsp3) is 0.562. The summed E-state index contributed by atoms with van der Waals surface area (Å²) in [5.74, 6) is -0.131. The van der Waals surface area contributed by atoms with Crippen molar-refractivity contribution in [3.8, 4) is 0 Å². The van der Waals surface area contributed by atoms with Crippen LogP contribution in [-0.2, 0) is 4.79 Å². The highest BCUT2D eigenvalue weighted by molar-refractivity contribution is 5.95. The van der Waals surface area contributed by atoms with Crippen LogP contribution >= 0.6 is 0 Å². The molecule has 1 atom stereocenters. The number of carbonyl (C=O) groups is 2. The highest BCUT2D eigenvalue weighted by atomic mass is 16.3. The van der Waals surface area contributed by atoms with Crippen molar-refractivity contribution in [3.05, 3.63) is 23.9 Å². The maximum atomic E-state index is 12.6. The summed E-state index contributed by atoms with van der Waals surface area (Å²) >= 11 is 0. The Hall–Kier alpha value is -2.15. The molecule has 1 aromatic rings. The molecule has 124 valence electrons. The minimum absolute atomic E-state index is 0.0605. The molecule has 3 N–H and O–H groups in total. The maximum absolute atomic E-state index is 12.6. The van der Waals surface area contributed by atoms with Gasteiger partial charge >= 0.3 is 0 Å². The van der Waals surface area contributed by atoms with E-state index in [1.807, 2.05) is 6.07 Å². The van der Waals surface area contributed by atoms with Gasteiger partial charge in [0.05, 0.1) is 12.1 Å². The molecule has 2 fully saturated rings. The Kier molecular flexibility index (Phi) is 4.21. The Morgan fingerprint density at radius 1 is 1.17 bits per heavy atom. The molecular weight excluding hydrogens is 296 g/mol. The number of likely N-dealkylation sites (tertiary alicyclic amines) is 1. The van der Waals surface area contributed by atoms with E-state index in [4.69, 9.17) is 5.73 Å². The fourth-order valence-electron chi connectivity index (χ4n) is 3.24. The molecule has 7 heteroatoms. The Morgan fingerprint density at radius 2 is 1.91 bits per heavy atom. The summed E-state index contributed by atoms with van der Waals surface area (Å²) in [6.45, 7) is 2.44. The number of primary amides is 1. The van der Waals surface area contributed by atoms with E-state index < -0.39 is 11.5 Å². The number of piperidine rings is 1. The minimum Gasteiger partial charge on any atom is -0.378 e. The number of β-amino-alcohol motifs (C(OH)–C–C–N with tert-alkyl or cyclic N) is 1. The Labute approximate surface area is 135 Å². The van der Waals surface area contributed by atoms with Crippen LogP contribution in [-0.4, -0.2) is 58.6 Å². The number of hydrogen-bond acceptors (Lipinski definition) is 5. The number of pyridine rings is 1. The van der Waals surface area contributed by atoms with E-state index in [1.165, 1.54) is 17.7 Å². The number of amides is 2. The van der Waals surface area contributed by atoms with E-state index >= 15 is 0 Å². The first-order chi connectivity index (χ1) is 11.0. The van der Waals surface area contributed by atoms with Gasteiger partial charge in [0.15, 0.2) is 5.60 Å². The molecule has 2 saturated heterocycles. The molecule has 3 rings (SSSR count). The number of hydrogen-bond donors (Lipinski definition) is 2. The summed E-state index contributed by atoms with van der Waals surface area (Å²) in [5.41, 5.74) is 4.08. The zero-order valence-electron chi connectivity index (χ0n) is 13.1. The van der Waals surface area contributed by atoms with Gasteiger partial charge in [-0.25, -0.2) is 4.98 Å². The molecule has 23 heavy (non-hydrogen) atoms. The van der Waals surface area contributed by atoms with Crippen molar-refractivity contribution in [1.82, 2.24) is 9.88 Å². The lowest BCUT2D eigenvalue weighted by molar-refractivity contribution is -0.140. The lowest BCUT2D eigenvalue weighted by atomic mass is 9.92. The molecule has 2 aliphatic rings. The number of nitrogens with two attached hydrogens (primary N) is 1. The predicted molar refractivity (Wildman–Crippen MR) is 85.0 cm³/mol. The number of anilines is 1. The molecule has 0 aromatic carbocycles. The molecule has 0 bridgehead atoms. The van der Waals surface area contributed by atoms with Crippen molar-refractivity contribution in [2.75, 3.05) is 31.1 Å². The lowest BCUT2D eigenvalue weighted by Crippen LogP contribution is -2.57. The molecule has 0 radical (unpaired) electrons. The van der Waals surface area contributed by atoms with Crippen molar-refractivity contribution in [1.29, 1.82) is 0 Å². The van der Waals surface area contributed by atoms with E-state index in [0.717, 1.165) is 18.9 Å². The fourth-order valence-corrected chi connectivity index (χ4v) is 3.24. The monoisotopic (exact) mass is 318 g/mol. The van der Waals surface area contributed by atoms with Gasteiger partial charge in [0.1, 0.15) is 5.82 Å². The van der Waals surface area contributed by atoms with Crippen LogP contribution < -0.4 is 10.6 Å². The highest BCUT2D eigenvalue weighted by Crippen LogP contribution is 2.23. The summed E-state index contributed by atoms with van der Waals surface area (Å²) in [6, 6.07) is 3.60. The van der Waals surface area contributed by atoms with Gasteiger partial charge in [-0.2, -0.15) is 0 Å². The Morgan fingerprint density at radius 3 is 2.52 bits per heavy atom. The van der Waals surface area contributed by atoms with Crippen molar-refractivity contribution in [3.63, 3.8) is 0 Å². The molecule has 0 spiro atoms. The second kappa shape index (κ2) is 6.16. The SMILES string of the molecule is NC(=O)C1(O)CCCN(C(=O)c2ccc(N3CCCC3)nc2)C1. The summed E-state index contributed by atoms with van der Waals surface area (Å²) in [4.78, 5) is 32.0. The predicted octanol–water partition coefficient (Wildman–Crippen LogP) is 0.134. The molecule has 0 aliphatic carbocycles. The average Bonchev–Trinajstić information content (AvgIpc) is 3.09. The van der Waals surface area contributed by atoms with Crippen LogP contribution in [0.1, 0.15) is 36.0 Å². The summed E-state index contributed by atoms with van der Waals surface area (Å²) in [6.07, 6.45) is 4.74. The molecular formula is C16H22N4O3. The van der Waals surface area contributed by atoms with E-state index in [2.05, 4.69) is 9.88 Å². The summed E-state index contributed by atoms with van der Waals surface area (Å²) in [5, 5.41) is 10.2. The van der Waals surface area contributed by atoms with Crippen molar-refractivity contribution < 1.29 is 14.7 Å². The molecule has 3 heterocycles. The van der Waals surface area contributed by atoms with Crippen LogP contribution in [0.2, 0.25) is 0 Å². The third-order valence-corrected chi connectivity index (χ3v) is 4.64. The number of nitrogens with zero attached hydrogens (tertiary/aromatic N) is 3. The second-order valence-electron chi connectivity index (χ2n) is 6.33. The molecule has 1 aromatic heterocycles. The maximum Gasteiger partial charge on any atom is 0.255 e. The Balaban J connectivity index is 1.71. The minimum atomic E-state index is -1.63. The molecule has 0 saturated carbocycles. The number of aromatic nitrogens is 1. The summed E-state index contributed by atoms with van der Waals surface area (Å²) < 4.78 is 0. The molecule has 2 amide bonds. The Bertz CT molecular complexity index is 598. The van der Waals surface area contributed by atoms with E-state index in [-0.39, 0.29) is 18.9 Å².